The van der Waals surface area contributed by atoms with Crippen LogP contribution < -0.4 is 15.5 Å². The molecule has 5 nitrogen and oxygen atoms in total. The van der Waals surface area contributed by atoms with Gasteiger partial charge in [0.1, 0.15) is 5.82 Å². The molecule has 0 aliphatic carbocycles. The van der Waals surface area contributed by atoms with Gasteiger partial charge in [-0.05, 0) is 61.5 Å². The molecule has 0 unspecified atom stereocenters. The summed E-state index contributed by atoms with van der Waals surface area (Å²) in [5.41, 5.74) is 3.50. The Hall–Kier alpha value is -2.60. The van der Waals surface area contributed by atoms with Crippen LogP contribution in [0.4, 0.5) is 26.2 Å². The van der Waals surface area contributed by atoms with Gasteiger partial charge in [-0.15, -0.1) is 0 Å². The molecule has 0 bridgehead atoms. The number of nitrogens with zero attached hydrogens (tertiary/aromatic N) is 2. The summed E-state index contributed by atoms with van der Waals surface area (Å²) in [7, 11) is 0. The first-order valence-corrected chi connectivity index (χ1v) is 8.96. The van der Waals surface area contributed by atoms with E-state index in [0.717, 1.165) is 44.0 Å². The molecule has 6 heteroatoms. The third kappa shape index (κ3) is 4.52. The van der Waals surface area contributed by atoms with E-state index in [4.69, 9.17) is 0 Å². The molecule has 1 aliphatic rings. The Morgan fingerprint density at radius 2 is 1.73 bits per heavy atom. The first kappa shape index (κ1) is 18.2. The van der Waals surface area contributed by atoms with Gasteiger partial charge < -0.3 is 20.4 Å². The van der Waals surface area contributed by atoms with Gasteiger partial charge >= 0.3 is 6.03 Å². The van der Waals surface area contributed by atoms with E-state index in [2.05, 4.69) is 33.4 Å². The third-order valence-electron chi connectivity index (χ3n) is 4.74. The molecule has 1 saturated heterocycles. The molecule has 0 spiro atoms. The van der Waals surface area contributed by atoms with Gasteiger partial charge in [0.25, 0.3) is 0 Å². The standard InChI is InChI=1S/C20H25FN4O/c1-3-24-10-12-25(13-11-24)18-8-9-19(15(2)14-18)23-20(26)22-17-6-4-16(21)5-7-17/h4-9,14H,3,10-13H2,1-2H3,(H2,22,23,26). The highest BCUT2D eigenvalue weighted by molar-refractivity contribution is 6.00. The van der Waals surface area contributed by atoms with E-state index in [0.29, 0.717) is 5.69 Å². The van der Waals surface area contributed by atoms with Crippen LogP contribution in [0.15, 0.2) is 42.5 Å². The largest absolute Gasteiger partial charge is 0.369 e. The van der Waals surface area contributed by atoms with Crippen molar-refractivity contribution in [2.24, 2.45) is 0 Å². The van der Waals surface area contributed by atoms with Crippen molar-refractivity contribution in [1.29, 1.82) is 0 Å². The molecule has 0 aromatic heterocycles. The average molecular weight is 356 g/mol. The molecule has 1 fully saturated rings. The van der Waals surface area contributed by atoms with Crippen molar-refractivity contribution < 1.29 is 9.18 Å². The molecule has 2 N–H and O–H groups in total. The maximum absolute atomic E-state index is 12.9. The van der Waals surface area contributed by atoms with E-state index in [1.165, 1.54) is 30.0 Å². The van der Waals surface area contributed by atoms with Crippen LogP contribution in [0.1, 0.15) is 12.5 Å². The number of halogens is 1. The fourth-order valence-electron chi connectivity index (χ4n) is 3.12. The Bertz CT molecular complexity index is 755. The highest BCUT2D eigenvalue weighted by atomic mass is 19.1. The van der Waals surface area contributed by atoms with E-state index >= 15 is 0 Å². The summed E-state index contributed by atoms with van der Waals surface area (Å²) >= 11 is 0. The van der Waals surface area contributed by atoms with Gasteiger partial charge in [-0.3, -0.25) is 0 Å². The molecule has 138 valence electrons. The zero-order valence-electron chi connectivity index (χ0n) is 15.3. The van der Waals surface area contributed by atoms with Gasteiger partial charge in [-0.2, -0.15) is 0 Å². The number of hydrogen-bond donors (Lipinski definition) is 2. The number of rotatable bonds is 4. The number of carbonyl (C=O) groups is 1. The lowest BCUT2D eigenvalue weighted by atomic mass is 10.1. The van der Waals surface area contributed by atoms with Crippen LogP contribution in [-0.2, 0) is 0 Å². The second-order valence-corrected chi connectivity index (χ2v) is 6.51. The van der Waals surface area contributed by atoms with Crippen molar-refractivity contribution in [3.8, 4) is 0 Å². The average Bonchev–Trinajstić information content (AvgIpc) is 2.65. The predicted molar refractivity (Wildman–Crippen MR) is 105 cm³/mol. The van der Waals surface area contributed by atoms with Crippen molar-refractivity contribution in [2.45, 2.75) is 13.8 Å². The van der Waals surface area contributed by atoms with Gasteiger partial charge in [0.05, 0.1) is 0 Å². The number of urea groups is 1. The Morgan fingerprint density at radius 1 is 1.04 bits per heavy atom. The van der Waals surface area contributed by atoms with Crippen LogP contribution in [0.3, 0.4) is 0 Å². The molecule has 1 aliphatic heterocycles. The Labute approximate surface area is 153 Å². The van der Waals surface area contributed by atoms with Crippen LogP contribution in [0.25, 0.3) is 0 Å². The normalized spacial score (nSPS) is 15.0. The fraction of sp³-hybridized carbons (Fsp3) is 0.350. The van der Waals surface area contributed by atoms with E-state index in [9.17, 15) is 9.18 Å². The zero-order chi connectivity index (χ0) is 18.5. The number of amides is 2. The molecule has 3 rings (SSSR count). The number of piperazine rings is 1. The Kier molecular flexibility index (Phi) is 5.73. The summed E-state index contributed by atoms with van der Waals surface area (Å²) in [6.45, 7) is 9.47. The minimum atomic E-state index is -0.344. The van der Waals surface area contributed by atoms with Gasteiger partial charge in [0.2, 0.25) is 0 Å². The van der Waals surface area contributed by atoms with E-state index in [1.807, 2.05) is 19.1 Å². The lowest BCUT2D eigenvalue weighted by Gasteiger charge is -2.35. The van der Waals surface area contributed by atoms with Crippen LogP contribution in [0, 0.1) is 12.7 Å². The molecule has 1 heterocycles. The second kappa shape index (κ2) is 8.19. The first-order valence-electron chi connectivity index (χ1n) is 8.96. The van der Waals surface area contributed by atoms with Gasteiger partial charge in [0.15, 0.2) is 0 Å². The summed E-state index contributed by atoms with van der Waals surface area (Å²) in [6.07, 6.45) is 0. The second-order valence-electron chi connectivity index (χ2n) is 6.51. The smallest absolute Gasteiger partial charge is 0.323 e. The number of aryl methyl sites for hydroxylation is 1. The molecule has 2 aromatic rings. The summed E-state index contributed by atoms with van der Waals surface area (Å²) < 4.78 is 12.9. The van der Waals surface area contributed by atoms with E-state index in [-0.39, 0.29) is 11.8 Å². The van der Waals surface area contributed by atoms with Crippen LogP contribution in [-0.4, -0.2) is 43.7 Å². The fourth-order valence-corrected chi connectivity index (χ4v) is 3.12. The lowest BCUT2D eigenvalue weighted by molar-refractivity contribution is 0.262. The summed E-state index contributed by atoms with van der Waals surface area (Å²) in [4.78, 5) is 17.0. The maximum Gasteiger partial charge on any atom is 0.323 e. The minimum Gasteiger partial charge on any atom is -0.369 e. The van der Waals surface area contributed by atoms with Gasteiger partial charge in [0, 0.05) is 43.2 Å². The number of benzene rings is 2. The molecule has 0 radical (unpaired) electrons. The molecule has 2 amide bonds. The van der Waals surface area contributed by atoms with Crippen molar-refractivity contribution in [3.05, 3.63) is 53.8 Å². The SMILES string of the molecule is CCN1CCN(c2ccc(NC(=O)Nc3ccc(F)cc3)c(C)c2)CC1. The zero-order valence-corrected chi connectivity index (χ0v) is 15.3. The summed E-state index contributed by atoms with van der Waals surface area (Å²) in [5.74, 6) is -0.331. The lowest BCUT2D eigenvalue weighted by Crippen LogP contribution is -2.46. The minimum absolute atomic E-state index is 0.331. The number of nitrogens with one attached hydrogen (secondary N) is 2. The summed E-state index contributed by atoms with van der Waals surface area (Å²) in [6, 6.07) is 11.4. The number of anilines is 3. The molecule has 26 heavy (non-hydrogen) atoms. The van der Waals surface area contributed by atoms with Crippen molar-refractivity contribution >= 4 is 23.1 Å². The molecular formula is C20H25FN4O. The molecule has 0 atom stereocenters. The first-order chi connectivity index (χ1) is 12.5. The topological polar surface area (TPSA) is 47.6 Å². The monoisotopic (exact) mass is 356 g/mol. The summed E-state index contributed by atoms with van der Waals surface area (Å²) in [5, 5.41) is 5.55. The highest BCUT2D eigenvalue weighted by Crippen LogP contribution is 2.24. The van der Waals surface area contributed by atoms with Crippen molar-refractivity contribution in [1.82, 2.24) is 4.90 Å². The number of hydrogen-bond acceptors (Lipinski definition) is 3. The highest BCUT2D eigenvalue weighted by Gasteiger charge is 2.16. The van der Waals surface area contributed by atoms with Crippen LogP contribution >= 0.6 is 0 Å². The van der Waals surface area contributed by atoms with Crippen LogP contribution in [0.5, 0.6) is 0 Å². The van der Waals surface area contributed by atoms with Gasteiger partial charge in [-0.1, -0.05) is 6.92 Å². The Morgan fingerprint density at radius 3 is 2.35 bits per heavy atom. The van der Waals surface area contributed by atoms with E-state index in [1.54, 1.807) is 0 Å². The molecule has 0 saturated carbocycles. The predicted octanol–water partition coefficient (Wildman–Crippen LogP) is 3.92. The third-order valence-corrected chi connectivity index (χ3v) is 4.74. The number of likely N-dealkylation sites (N-methyl/N-ethyl adjacent to an activating group) is 1. The van der Waals surface area contributed by atoms with Crippen molar-refractivity contribution in [3.63, 3.8) is 0 Å². The maximum atomic E-state index is 12.9. The molecular weight excluding hydrogens is 331 g/mol. The van der Waals surface area contributed by atoms with Crippen LogP contribution in [0.2, 0.25) is 0 Å². The van der Waals surface area contributed by atoms with Gasteiger partial charge in [-0.25, -0.2) is 9.18 Å². The quantitative estimate of drug-likeness (QED) is 0.873. The molecule has 2 aromatic carbocycles. The Balaban J connectivity index is 1.60. The number of carbonyl (C=O) groups excluding carboxylic acids is 1. The van der Waals surface area contributed by atoms with Crippen molar-refractivity contribution in [2.75, 3.05) is 48.3 Å². The van der Waals surface area contributed by atoms with E-state index < -0.39 is 0 Å².